The number of aromatic nitrogens is 1. The van der Waals surface area contributed by atoms with Gasteiger partial charge in [0.15, 0.2) is 12.0 Å². The minimum atomic E-state index is -0.422. The molecule has 0 spiro atoms. The molecule has 1 fully saturated rings. The Morgan fingerprint density at radius 2 is 2.03 bits per heavy atom. The predicted octanol–water partition coefficient (Wildman–Crippen LogP) is 5.72. The third-order valence-corrected chi connectivity index (χ3v) is 5.37. The number of unbranched alkanes of at least 4 members (excludes halogenated alkanes) is 2. The van der Waals surface area contributed by atoms with Gasteiger partial charge in [-0.05, 0) is 50.7 Å². The van der Waals surface area contributed by atoms with Crippen molar-refractivity contribution < 1.29 is 23.7 Å². The summed E-state index contributed by atoms with van der Waals surface area (Å²) in [6.07, 6.45) is 6.40. The van der Waals surface area contributed by atoms with E-state index in [4.69, 9.17) is 18.9 Å². The van der Waals surface area contributed by atoms with Gasteiger partial charge in [0.1, 0.15) is 10.8 Å². The molecule has 0 aliphatic carbocycles. The van der Waals surface area contributed by atoms with Crippen LogP contribution in [-0.4, -0.2) is 44.2 Å². The molecule has 30 heavy (non-hydrogen) atoms. The second-order valence-electron chi connectivity index (χ2n) is 6.63. The van der Waals surface area contributed by atoms with E-state index in [2.05, 4.69) is 4.98 Å². The fraction of sp³-hybridized carbons (Fsp3) is 0.565. The molecule has 1 aromatic heterocycles. The number of hydrogen-bond acceptors (Lipinski definition) is 7. The third kappa shape index (κ3) is 8.05. The average Bonchev–Trinajstić information content (AvgIpc) is 3.31. The molecule has 7 heteroatoms. The van der Waals surface area contributed by atoms with E-state index in [1.54, 1.807) is 5.38 Å². The summed E-state index contributed by atoms with van der Waals surface area (Å²) in [5.41, 5.74) is 1.26. The summed E-state index contributed by atoms with van der Waals surface area (Å²) >= 11 is 1.41. The van der Waals surface area contributed by atoms with Crippen LogP contribution in [-0.2, 0) is 14.2 Å². The first-order valence-electron chi connectivity index (χ1n) is 10.8. The minimum absolute atomic E-state index is 0.00157. The van der Waals surface area contributed by atoms with E-state index in [1.165, 1.54) is 24.9 Å². The summed E-state index contributed by atoms with van der Waals surface area (Å²) < 4.78 is 21.9. The first-order chi connectivity index (χ1) is 14.8. The summed E-state index contributed by atoms with van der Waals surface area (Å²) in [4.78, 5) is 15.9. The molecular weight excluding hydrogens is 402 g/mol. The molecule has 166 valence electrons. The van der Waals surface area contributed by atoms with Crippen LogP contribution < -0.4 is 4.74 Å². The SMILES string of the molecule is CC.COC(=O)c1csc(-c2cccc(OCCCCCOC3CCCCO3)c2)n1. The van der Waals surface area contributed by atoms with E-state index < -0.39 is 5.97 Å². The van der Waals surface area contributed by atoms with Crippen molar-refractivity contribution in [2.24, 2.45) is 0 Å². The van der Waals surface area contributed by atoms with Crippen molar-refractivity contribution in [3.8, 4) is 16.3 Å². The summed E-state index contributed by atoms with van der Waals surface area (Å²) in [5.74, 6) is 0.383. The van der Waals surface area contributed by atoms with Gasteiger partial charge in [0.25, 0.3) is 0 Å². The Morgan fingerprint density at radius 3 is 2.80 bits per heavy atom. The van der Waals surface area contributed by atoms with Crippen LogP contribution in [0.15, 0.2) is 29.6 Å². The zero-order chi connectivity index (χ0) is 21.6. The molecule has 0 N–H and O–H groups in total. The Labute approximate surface area is 183 Å². The Bertz CT molecular complexity index is 743. The number of nitrogens with zero attached hydrogens (tertiary/aromatic N) is 1. The molecule has 3 rings (SSSR count). The topological polar surface area (TPSA) is 66.9 Å². The van der Waals surface area contributed by atoms with Gasteiger partial charge >= 0.3 is 5.97 Å². The molecule has 1 saturated heterocycles. The maximum atomic E-state index is 11.5. The zero-order valence-electron chi connectivity index (χ0n) is 18.2. The van der Waals surface area contributed by atoms with E-state index in [0.717, 1.165) is 61.6 Å². The number of methoxy groups -OCH3 is 1. The Hall–Kier alpha value is -1.96. The normalized spacial score (nSPS) is 15.8. The van der Waals surface area contributed by atoms with Crippen molar-refractivity contribution in [2.75, 3.05) is 26.9 Å². The first kappa shape index (κ1) is 24.3. The molecule has 2 heterocycles. The van der Waals surface area contributed by atoms with E-state index in [0.29, 0.717) is 12.3 Å². The molecule has 0 bridgehead atoms. The van der Waals surface area contributed by atoms with Crippen molar-refractivity contribution >= 4 is 17.3 Å². The van der Waals surface area contributed by atoms with Gasteiger partial charge in [-0.1, -0.05) is 26.0 Å². The molecule has 0 amide bonds. The van der Waals surface area contributed by atoms with Crippen molar-refractivity contribution in [2.45, 2.75) is 58.7 Å². The van der Waals surface area contributed by atoms with Crippen LogP contribution in [0.25, 0.3) is 10.6 Å². The number of carbonyl (C=O) groups is 1. The standard InChI is InChI=1S/C21H27NO5S.C2H6/c1-24-21(23)18-15-28-20(22-18)16-8-7-9-17(14-16)25-11-4-2-5-12-26-19-10-3-6-13-27-19;1-2/h7-9,14-15,19H,2-6,10-13H2,1H3;1-2H3. The summed E-state index contributed by atoms with van der Waals surface area (Å²) in [6.45, 7) is 6.23. The third-order valence-electron chi connectivity index (χ3n) is 4.48. The summed E-state index contributed by atoms with van der Waals surface area (Å²) in [7, 11) is 1.35. The molecule has 6 nitrogen and oxygen atoms in total. The van der Waals surface area contributed by atoms with Crippen molar-refractivity contribution in [3.63, 3.8) is 0 Å². The number of hydrogen-bond donors (Lipinski definition) is 0. The van der Waals surface area contributed by atoms with Crippen molar-refractivity contribution in [1.29, 1.82) is 0 Å². The molecule has 0 radical (unpaired) electrons. The lowest BCUT2D eigenvalue weighted by Crippen LogP contribution is -2.22. The van der Waals surface area contributed by atoms with Gasteiger partial charge in [0.05, 0.1) is 13.7 Å². The highest BCUT2D eigenvalue weighted by atomic mass is 32.1. The molecule has 0 saturated carbocycles. The van der Waals surface area contributed by atoms with Crippen LogP contribution in [0.3, 0.4) is 0 Å². The quantitative estimate of drug-likeness (QED) is 0.351. The van der Waals surface area contributed by atoms with Gasteiger partial charge < -0.3 is 18.9 Å². The molecular formula is C23H33NO5S. The van der Waals surface area contributed by atoms with Gasteiger partial charge in [0.2, 0.25) is 0 Å². The zero-order valence-corrected chi connectivity index (χ0v) is 19.0. The summed E-state index contributed by atoms with van der Waals surface area (Å²) in [6, 6.07) is 7.77. The highest BCUT2D eigenvalue weighted by molar-refractivity contribution is 7.13. The molecule has 1 aliphatic rings. The van der Waals surface area contributed by atoms with Crippen LogP contribution in [0.4, 0.5) is 0 Å². The predicted molar refractivity (Wildman–Crippen MR) is 119 cm³/mol. The number of thiazole rings is 1. The molecule has 1 aliphatic heterocycles. The Balaban J connectivity index is 0.00000155. The number of rotatable bonds is 10. The van der Waals surface area contributed by atoms with Gasteiger partial charge in [0, 0.05) is 24.2 Å². The highest BCUT2D eigenvalue weighted by Gasteiger charge is 2.14. The van der Waals surface area contributed by atoms with E-state index in [1.807, 2.05) is 38.1 Å². The van der Waals surface area contributed by atoms with E-state index in [9.17, 15) is 4.79 Å². The number of carbonyl (C=O) groups excluding carboxylic acids is 1. The Kier molecular flexibility index (Phi) is 11.4. The number of ether oxygens (including phenoxy) is 4. The van der Waals surface area contributed by atoms with Gasteiger partial charge in [-0.2, -0.15) is 0 Å². The second kappa shape index (κ2) is 14.1. The van der Waals surface area contributed by atoms with E-state index in [-0.39, 0.29) is 6.29 Å². The first-order valence-corrected chi connectivity index (χ1v) is 11.6. The molecule has 1 aromatic carbocycles. The maximum Gasteiger partial charge on any atom is 0.357 e. The smallest absolute Gasteiger partial charge is 0.357 e. The number of benzene rings is 1. The van der Waals surface area contributed by atoms with Crippen LogP contribution >= 0.6 is 11.3 Å². The van der Waals surface area contributed by atoms with Crippen LogP contribution in [0.2, 0.25) is 0 Å². The maximum absolute atomic E-state index is 11.5. The van der Waals surface area contributed by atoms with Gasteiger partial charge in [-0.25, -0.2) is 9.78 Å². The van der Waals surface area contributed by atoms with Gasteiger partial charge in [-0.3, -0.25) is 0 Å². The van der Waals surface area contributed by atoms with E-state index >= 15 is 0 Å². The fourth-order valence-electron chi connectivity index (χ4n) is 2.95. The molecule has 2 aromatic rings. The minimum Gasteiger partial charge on any atom is -0.494 e. The average molecular weight is 436 g/mol. The monoisotopic (exact) mass is 435 g/mol. The summed E-state index contributed by atoms with van der Waals surface area (Å²) in [5, 5.41) is 2.47. The second-order valence-corrected chi connectivity index (χ2v) is 7.49. The van der Waals surface area contributed by atoms with Crippen molar-refractivity contribution in [3.05, 3.63) is 35.3 Å². The highest BCUT2D eigenvalue weighted by Crippen LogP contribution is 2.27. The van der Waals surface area contributed by atoms with Crippen LogP contribution in [0.5, 0.6) is 5.75 Å². The molecule has 1 atom stereocenters. The number of esters is 1. The lowest BCUT2D eigenvalue weighted by Gasteiger charge is -2.22. The largest absolute Gasteiger partial charge is 0.494 e. The fourth-order valence-corrected chi connectivity index (χ4v) is 3.74. The van der Waals surface area contributed by atoms with Gasteiger partial charge in [-0.15, -0.1) is 11.3 Å². The lowest BCUT2D eigenvalue weighted by atomic mass is 10.2. The Morgan fingerprint density at radius 1 is 1.20 bits per heavy atom. The van der Waals surface area contributed by atoms with Crippen molar-refractivity contribution in [1.82, 2.24) is 4.98 Å². The van der Waals surface area contributed by atoms with Crippen LogP contribution in [0.1, 0.15) is 62.9 Å². The van der Waals surface area contributed by atoms with Crippen LogP contribution in [0, 0.1) is 0 Å². The molecule has 1 unspecified atom stereocenters. The lowest BCUT2D eigenvalue weighted by molar-refractivity contribution is -0.162.